The van der Waals surface area contributed by atoms with Crippen LogP contribution >= 0.6 is 0 Å². The molecular formula is C15H19N7O2. The quantitative estimate of drug-likeness (QED) is 0.479. The molecule has 0 spiro atoms. The van der Waals surface area contributed by atoms with Crippen LogP contribution in [0.15, 0.2) is 28.4 Å². The molecule has 1 aromatic carbocycles. The molecule has 1 N–H and O–H groups in total. The molecule has 0 saturated carbocycles. The highest BCUT2D eigenvalue weighted by Crippen LogP contribution is 2.20. The molecule has 2 rings (SSSR count). The number of nitrogens with one attached hydrogen (secondary N) is 1. The average Bonchev–Trinajstić information content (AvgIpc) is 2.86. The van der Waals surface area contributed by atoms with Gasteiger partial charge in [0.1, 0.15) is 0 Å². The van der Waals surface area contributed by atoms with E-state index in [0.717, 1.165) is 32.5 Å². The number of carbonyl (C=O) groups is 1. The molecule has 9 heteroatoms. The van der Waals surface area contributed by atoms with Crippen molar-refractivity contribution in [1.82, 2.24) is 5.32 Å². The first-order valence-corrected chi connectivity index (χ1v) is 7.79. The molecule has 0 bridgehead atoms. The van der Waals surface area contributed by atoms with Gasteiger partial charge in [0.15, 0.2) is 0 Å². The van der Waals surface area contributed by atoms with E-state index >= 15 is 0 Å². The highest BCUT2D eigenvalue weighted by atomic mass is 16.5. The molecule has 126 valence electrons. The summed E-state index contributed by atoms with van der Waals surface area (Å²) in [5.74, 6) is 0.164. The van der Waals surface area contributed by atoms with E-state index in [1.165, 1.54) is 6.07 Å². The Morgan fingerprint density at radius 2 is 2.12 bits per heavy atom. The van der Waals surface area contributed by atoms with E-state index in [9.17, 15) is 4.79 Å². The van der Waals surface area contributed by atoms with Gasteiger partial charge in [0, 0.05) is 40.8 Å². The van der Waals surface area contributed by atoms with Gasteiger partial charge in [0.05, 0.1) is 6.54 Å². The van der Waals surface area contributed by atoms with Crippen molar-refractivity contribution in [2.24, 2.45) is 16.1 Å². The van der Waals surface area contributed by atoms with Crippen LogP contribution in [-0.4, -0.2) is 25.7 Å². The number of carbonyl (C=O) groups excluding carboxylic acids is 1. The molecule has 1 aliphatic rings. The Morgan fingerprint density at radius 3 is 2.92 bits per heavy atom. The molecular weight excluding hydrogens is 310 g/mol. The van der Waals surface area contributed by atoms with E-state index < -0.39 is 0 Å². The van der Waals surface area contributed by atoms with Crippen molar-refractivity contribution >= 4 is 11.6 Å². The first-order chi connectivity index (χ1) is 11.7. The lowest BCUT2D eigenvalue weighted by Crippen LogP contribution is -2.29. The monoisotopic (exact) mass is 329 g/mol. The maximum Gasteiger partial charge on any atom is 0.251 e. The van der Waals surface area contributed by atoms with Crippen molar-refractivity contribution in [1.29, 1.82) is 0 Å². The maximum atomic E-state index is 12.4. The summed E-state index contributed by atoms with van der Waals surface area (Å²) in [6.45, 7) is 2.18. The van der Waals surface area contributed by atoms with Crippen LogP contribution in [0.5, 0.6) is 0 Å². The van der Waals surface area contributed by atoms with Gasteiger partial charge in [-0.15, -0.1) is 0 Å². The number of azide groups is 2. The minimum atomic E-state index is -0.239. The first kappa shape index (κ1) is 17.6. The second-order valence-corrected chi connectivity index (χ2v) is 5.59. The van der Waals surface area contributed by atoms with E-state index in [2.05, 4.69) is 25.4 Å². The van der Waals surface area contributed by atoms with Crippen LogP contribution in [0.1, 0.15) is 35.2 Å². The minimum Gasteiger partial charge on any atom is -0.381 e. The molecule has 9 nitrogen and oxygen atoms in total. The number of ether oxygens (including phenoxy) is 1. The van der Waals surface area contributed by atoms with Crippen LogP contribution in [-0.2, 0) is 11.3 Å². The molecule has 0 aromatic heterocycles. The molecule has 0 aliphatic carbocycles. The normalized spacial score (nSPS) is 17.1. The Kier molecular flexibility index (Phi) is 6.91. The summed E-state index contributed by atoms with van der Waals surface area (Å²) in [5.41, 5.74) is 18.3. The van der Waals surface area contributed by atoms with Crippen molar-refractivity contribution in [2.45, 2.75) is 25.8 Å². The summed E-state index contributed by atoms with van der Waals surface area (Å²) in [6, 6.07) is 4.75. The van der Waals surface area contributed by atoms with Gasteiger partial charge in [-0.2, -0.15) is 0 Å². The third kappa shape index (κ3) is 5.48. The van der Waals surface area contributed by atoms with E-state index in [1.54, 1.807) is 12.1 Å². The second kappa shape index (κ2) is 9.42. The van der Waals surface area contributed by atoms with Crippen LogP contribution in [0.2, 0.25) is 0 Å². The summed E-state index contributed by atoms with van der Waals surface area (Å²) in [4.78, 5) is 17.8. The molecule has 1 unspecified atom stereocenters. The number of hydrogen-bond acceptors (Lipinski definition) is 4. The Hall–Kier alpha value is -2.73. The third-order valence-corrected chi connectivity index (χ3v) is 3.84. The fourth-order valence-electron chi connectivity index (χ4n) is 2.63. The fraction of sp³-hybridized carbons (Fsp3) is 0.533. The average molecular weight is 329 g/mol. The standard InChI is InChI=1S/C15H19N7O2/c16-21-19-10-12-6-13(8-14(7-12)20-22-17)15(23)18-9-11-2-1-4-24-5-3-11/h6-8,11H,1-5,9-10H2,(H,18,23). The fourth-order valence-corrected chi connectivity index (χ4v) is 2.63. The zero-order valence-electron chi connectivity index (χ0n) is 13.3. The SMILES string of the molecule is [N-]=[N+]=NCc1cc(N=[N+]=[N-])cc(C(=O)NCC2CCCOCC2)c1. The van der Waals surface area contributed by atoms with E-state index in [4.69, 9.17) is 15.8 Å². The number of benzene rings is 1. The van der Waals surface area contributed by atoms with Gasteiger partial charge in [-0.25, -0.2) is 0 Å². The van der Waals surface area contributed by atoms with Crippen molar-refractivity contribution < 1.29 is 9.53 Å². The van der Waals surface area contributed by atoms with Crippen LogP contribution in [0.4, 0.5) is 5.69 Å². The lowest BCUT2D eigenvalue weighted by Gasteiger charge is -2.14. The van der Waals surface area contributed by atoms with E-state index in [0.29, 0.717) is 29.3 Å². The molecule has 1 heterocycles. The smallest absolute Gasteiger partial charge is 0.251 e. The highest BCUT2D eigenvalue weighted by molar-refractivity contribution is 5.95. The van der Waals surface area contributed by atoms with E-state index in [-0.39, 0.29) is 12.5 Å². The van der Waals surface area contributed by atoms with Gasteiger partial charge < -0.3 is 10.1 Å². The summed E-state index contributed by atoms with van der Waals surface area (Å²) in [5, 5.41) is 9.92. The van der Waals surface area contributed by atoms with Crippen molar-refractivity contribution in [3.05, 3.63) is 50.2 Å². The zero-order valence-corrected chi connectivity index (χ0v) is 13.3. The maximum absolute atomic E-state index is 12.4. The number of rotatable bonds is 6. The summed E-state index contributed by atoms with van der Waals surface area (Å²) in [7, 11) is 0. The van der Waals surface area contributed by atoms with Gasteiger partial charge in [-0.05, 0) is 60.0 Å². The van der Waals surface area contributed by atoms with E-state index in [1.807, 2.05) is 0 Å². The van der Waals surface area contributed by atoms with Crippen LogP contribution in [0, 0.1) is 5.92 Å². The van der Waals surface area contributed by atoms with Gasteiger partial charge >= 0.3 is 0 Å². The van der Waals surface area contributed by atoms with Gasteiger partial charge in [-0.3, -0.25) is 4.79 Å². The molecule has 24 heavy (non-hydrogen) atoms. The van der Waals surface area contributed by atoms with Crippen molar-refractivity contribution in [2.75, 3.05) is 19.8 Å². The van der Waals surface area contributed by atoms with Crippen LogP contribution in [0.25, 0.3) is 20.9 Å². The van der Waals surface area contributed by atoms with Crippen LogP contribution < -0.4 is 5.32 Å². The Bertz CT molecular complexity index is 670. The highest BCUT2D eigenvalue weighted by Gasteiger charge is 2.15. The van der Waals surface area contributed by atoms with Gasteiger partial charge in [0.25, 0.3) is 5.91 Å². The predicted molar refractivity (Wildman–Crippen MR) is 88.6 cm³/mol. The summed E-state index contributed by atoms with van der Waals surface area (Å²) >= 11 is 0. The summed E-state index contributed by atoms with van der Waals surface area (Å²) in [6.07, 6.45) is 2.96. The van der Waals surface area contributed by atoms with Gasteiger partial charge in [0.2, 0.25) is 0 Å². The molecule has 1 aliphatic heterocycles. The Morgan fingerprint density at radius 1 is 1.25 bits per heavy atom. The largest absolute Gasteiger partial charge is 0.381 e. The molecule has 1 amide bonds. The topological polar surface area (TPSA) is 136 Å². The number of amides is 1. The van der Waals surface area contributed by atoms with Gasteiger partial charge in [-0.1, -0.05) is 10.2 Å². The zero-order chi connectivity index (χ0) is 17.2. The first-order valence-electron chi connectivity index (χ1n) is 7.79. The minimum absolute atomic E-state index is 0.0888. The molecule has 1 atom stereocenters. The lowest BCUT2D eigenvalue weighted by atomic mass is 10.0. The van der Waals surface area contributed by atoms with Crippen molar-refractivity contribution in [3.8, 4) is 0 Å². The van der Waals surface area contributed by atoms with Crippen molar-refractivity contribution in [3.63, 3.8) is 0 Å². The molecule has 1 aromatic rings. The number of nitrogens with zero attached hydrogens (tertiary/aromatic N) is 6. The second-order valence-electron chi connectivity index (χ2n) is 5.59. The Labute approximate surface area is 139 Å². The molecule has 0 radical (unpaired) electrons. The molecule has 1 fully saturated rings. The lowest BCUT2D eigenvalue weighted by molar-refractivity contribution is 0.0943. The Balaban J connectivity index is 2.07. The third-order valence-electron chi connectivity index (χ3n) is 3.84. The number of hydrogen-bond donors (Lipinski definition) is 1. The van der Waals surface area contributed by atoms with Crippen LogP contribution in [0.3, 0.4) is 0 Å². The summed E-state index contributed by atoms with van der Waals surface area (Å²) < 4.78 is 5.41. The predicted octanol–water partition coefficient (Wildman–Crippen LogP) is 3.99. The molecule has 1 saturated heterocycles.